The van der Waals surface area contributed by atoms with Gasteiger partial charge in [-0.2, -0.15) is 0 Å². The first-order valence-electron chi connectivity index (χ1n) is 16.1. The van der Waals surface area contributed by atoms with Crippen molar-refractivity contribution in [2.75, 3.05) is 10.8 Å². The van der Waals surface area contributed by atoms with Gasteiger partial charge in [-0.1, -0.05) is 109 Å². The number of aryl methyl sites for hydroxylation is 2. The van der Waals surface area contributed by atoms with Gasteiger partial charge in [0, 0.05) is 24.0 Å². The first-order chi connectivity index (χ1) is 22.6. The lowest BCUT2D eigenvalue weighted by atomic mass is 9.94. The highest BCUT2D eigenvalue weighted by Crippen LogP contribution is 2.28. The summed E-state index contributed by atoms with van der Waals surface area (Å²) in [5, 5.41) is 3.65. The summed E-state index contributed by atoms with van der Waals surface area (Å²) >= 11 is 6.09. The molecule has 4 aromatic carbocycles. The van der Waals surface area contributed by atoms with Crippen LogP contribution in [0.1, 0.15) is 54.4 Å². The maximum Gasteiger partial charge on any atom is 0.264 e. The molecule has 0 heterocycles. The number of nitrogens with one attached hydrogen (secondary N) is 1. The zero-order valence-electron chi connectivity index (χ0n) is 26.9. The molecule has 1 aliphatic rings. The molecular formula is C38H42ClN3O4S. The number of rotatable bonds is 12. The molecule has 4 aromatic rings. The quantitative estimate of drug-likeness (QED) is 0.172. The molecule has 5 rings (SSSR count). The second-order valence-electron chi connectivity index (χ2n) is 12.3. The van der Waals surface area contributed by atoms with Crippen molar-refractivity contribution in [3.63, 3.8) is 0 Å². The number of carbonyl (C=O) groups excluding carboxylic acids is 2. The third kappa shape index (κ3) is 8.82. The van der Waals surface area contributed by atoms with Crippen molar-refractivity contribution >= 4 is 39.1 Å². The maximum atomic E-state index is 14.7. The molecule has 1 aliphatic carbocycles. The van der Waals surface area contributed by atoms with Gasteiger partial charge in [-0.15, -0.1) is 0 Å². The number of amides is 2. The zero-order valence-corrected chi connectivity index (χ0v) is 28.5. The Morgan fingerprint density at radius 3 is 2.17 bits per heavy atom. The van der Waals surface area contributed by atoms with E-state index in [1.54, 1.807) is 17.0 Å². The van der Waals surface area contributed by atoms with Crippen molar-refractivity contribution in [2.24, 2.45) is 0 Å². The molecule has 2 amide bonds. The van der Waals surface area contributed by atoms with E-state index in [2.05, 4.69) is 5.32 Å². The van der Waals surface area contributed by atoms with Crippen LogP contribution in [-0.4, -0.2) is 43.8 Å². The fourth-order valence-electron chi connectivity index (χ4n) is 6.20. The van der Waals surface area contributed by atoms with Crippen molar-refractivity contribution in [2.45, 2.75) is 75.9 Å². The predicted molar refractivity (Wildman–Crippen MR) is 188 cm³/mol. The lowest BCUT2D eigenvalue weighted by molar-refractivity contribution is -0.140. The minimum absolute atomic E-state index is 0.0130. The fourth-order valence-corrected chi connectivity index (χ4v) is 7.80. The van der Waals surface area contributed by atoms with Gasteiger partial charge >= 0.3 is 0 Å². The minimum Gasteiger partial charge on any atom is -0.352 e. The lowest BCUT2D eigenvalue weighted by Gasteiger charge is -2.35. The third-order valence-corrected chi connectivity index (χ3v) is 10.7. The molecule has 9 heteroatoms. The van der Waals surface area contributed by atoms with Crippen LogP contribution in [0.15, 0.2) is 108 Å². The van der Waals surface area contributed by atoms with Gasteiger partial charge in [0.25, 0.3) is 10.0 Å². The Bertz CT molecular complexity index is 1770. The number of carbonyl (C=O) groups is 2. The number of hydrogen-bond donors (Lipinski definition) is 1. The molecule has 0 aromatic heterocycles. The van der Waals surface area contributed by atoms with Gasteiger partial charge in [0.15, 0.2) is 0 Å². The Hall–Kier alpha value is -4.14. The number of nitrogens with zero attached hydrogens (tertiary/aromatic N) is 2. The van der Waals surface area contributed by atoms with Gasteiger partial charge in [0.1, 0.15) is 12.6 Å². The van der Waals surface area contributed by atoms with Crippen LogP contribution in [0.25, 0.3) is 0 Å². The Morgan fingerprint density at radius 1 is 0.830 bits per heavy atom. The van der Waals surface area contributed by atoms with Crippen LogP contribution in [-0.2, 0) is 32.6 Å². The monoisotopic (exact) mass is 671 g/mol. The number of sulfonamides is 1. The second kappa shape index (κ2) is 15.6. The van der Waals surface area contributed by atoms with Crippen molar-refractivity contribution in [1.29, 1.82) is 0 Å². The van der Waals surface area contributed by atoms with Crippen LogP contribution in [0.3, 0.4) is 0 Å². The van der Waals surface area contributed by atoms with Crippen molar-refractivity contribution in [1.82, 2.24) is 10.2 Å². The van der Waals surface area contributed by atoms with Crippen molar-refractivity contribution < 1.29 is 18.0 Å². The van der Waals surface area contributed by atoms with Crippen LogP contribution in [0.2, 0.25) is 5.02 Å². The Kier molecular flexibility index (Phi) is 11.4. The van der Waals surface area contributed by atoms with Gasteiger partial charge in [-0.3, -0.25) is 13.9 Å². The molecular weight excluding hydrogens is 630 g/mol. The molecule has 0 bridgehead atoms. The van der Waals surface area contributed by atoms with Crippen LogP contribution < -0.4 is 9.62 Å². The van der Waals surface area contributed by atoms with Gasteiger partial charge < -0.3 is 10.2 Å². The largest absolute Gasteiger partial charge is 0.352 e. The minimum atomic E-state index is -4.20. The molecule has 0 saturated heterocycles. The van der Waals surface area contributed by atoms with E-state index in [0.717, 1.165) is 53.1 Å². The zero-order chi connectivity index (χ0) is 33.4. The molecule has 1 N–H and O–H groups in total. The van der Waals surface area contributed by atoms with E-state index in [-0.39, 0.29) is 29.8 Å². The summed E-state index contributed by atoms with van der Waals surface area (Å²) in [4.78, 5) is 30.5. The summed E-state index contributed by atoms with van der Waals surface area (Å²) in [6, 6.07) is 29.6. The molecule has 0 radical (unpaired) electrons. The molecule has 246 valence electrons. The predicted octanol–water partition coefficient (Wildman–Crippen LogP) is 7.24. The van der Waals surface area contributed by atoms with Crippen LogP contribution in [0.4, 0.5) is 5.69 Å². The number of hydrogen-bond acceptors (Lipinski definition) is 4. The number of para-hydroxylation sites is 1. The lowest BCUT2D eigenvalue weighted by Crippen LogP contribution is -2.55. The highest BCUT2D eigenvalue weighted by molar-refractivity contribution is 7.92. The van der Waals surface area contributed by atoms with E-state index in [1.165, 1.54) is 24.3 Å². The van der Waals surface area contributed by atoms with E-state index >= 15 is 0 Å². The van der Waals surface area contributed by atoms with Gasteiger partial charge in [0.05, 0.1) is 10.6 Å². The Morgan fingerprint density at radius 2 is 1.49 bits per heavy atom. The Balaban J connectivity index is 1.57. The third-order valence-electron chi connectivity index (χ3n) is 8.72. The maximum absolute atomic E-state index is 14.7. The first-order valence-corrected chi connectivity index (χ1v) is 18.0. The van der Waals surface area contributed by atoms with E-state index in [0.29, 0.717) is 16.3 Å². The number of halogens is 1. The summed E-state index contributed by atoms with van der Waals surface area (Å²) in [7, 11) is -4.20. The Labute approximate surface area is 283 Å². The standard InChI is InChI=1S/C38H42ClN3O4S/c1-28-12-11-16-31(24-28)26-41(36(25-30-14-5-3-6-15-30)38(44)40-33-17-7-4-8-18-33)37(43)27-42(35-19-10-9-13-29(35)2)47(45,46)34-22-20-32(39)21-23-34/h3,5-6,9-16,19-24,33,36H,4,7-8,17-18,25-27H2,1-2H3,(H,40,44)/t36-/m1/s1. The summed E-state index contributed by atoms with van der Waals surface area (Å²) in [5.74, 6) is -0.711. The number of anilines is 1. The molecule has 47 heavy (non-hydrogen) atoms. The van der Waals surface area contributed by atoms with Crippen LogP contribution >= 0.6 is 11.6 Å². The molecule has 0 spiro atoms. The first kappa shape index (κ1) is 34.2. The van der Waals surface area contributed by atoms with Crippen LogP contribution in [0, 0.1) is 13.8 Å². The van der Waals surface area contributed by atoms with Gasteiger partial charge in [-0.25, -0.2) is 8.42 Å². The van der Waals surface area contributed by atoms with Crippen LogP contribution in [0.5, 0.6) is 0 Å². The average molecular weight is 672 g/mol. The summed E-state index contributed by atoms with van der Waals surface area (Å²) in [5.41, 5.74) is 3.86. The summed E-state index contributed by atoms with van der Waals surface area (Å²) in [6.45, 7) is 3.43. The summed E-state index contributed by atoms with van der Waals surface area (Å²) in [6.07, 6.45) is 5.33. The number of benzene rings is 4. The van der Waals surface area contributed by atoms with E-state index in [9.17, 15) is 18.0 Å². The normalized spacial score (nSPS) is 14.3. The van der Waals surface area contributed by atoms with E-state index in [1.807, 2.05) is 80.6 Å². The van der Waals surface area contributed by atoms with Gasteiger partial charge in [-0.05, 0) is 73.7 Å². The van der Waals surface area contributed by atoms with Crippen molar-refractivity contribution in [3.8, 4) is 0 Å². The SMILES string of the molecule is Cc1cccc(CN(C(=O)CN(c2ccccc2C)S(=O)(=O)c2ccc(Cl)cc2)[C@H](Cc2ccccc2)C(=O)NC2CCCCC2)c1. The van der Waals surface area contributed by atoms with Gasteiger partial charge in [0.2, 0.25) is 11.8 Å². The molecule has 1 fully saturated rings. The molecule has 7 nitrogen and oxygen atoms in total. The van der Waals surface area contributed by atoms with E-state index in [4.69, 9.17) is 11.6 Å². The molecule has 1 atom stereocenters. The molecule has 0 unspecified atom stereocenters. The smallest absolute Gasteiger partial charge is 0.264 e. The molecule has 0 aliphatic heterocycles. The average Bonchev–Trinajstić information content (AvgIpc) is 3.06. The topological polar surface area (TPSA) is 86.8 Å². The second-order valence-corrected chi connectivity index (χ2v) is 14.6. The van der Waals surface area contributed by atoms with Crippen molar-refractivity contribution in [3.05, 3.63) is 130 Å². The fraction of sp³-hybridized carbons (Fsp3) is 0.316. The highest BCUT2D eigenvalue weighted by Gasteiger charge is 2.35. The summed E-state index contributed by atoms with van der Waals surface area (Å²) < 4.78 is 29.6. The highest BCUT2D eigenvalue weighted by atomic mass is 35.5. The molecule has 1 saturated carbocycles. The van der Waals surface area contributed by atoms with E-state index < -0.39 is 28.5 Å².